The Bertz CT molecular complexity index is 829. The summed E-state index contributed by atoms with van der Waals surface area (Å²) in [6.07, 6.45) is -4.83. The molecule has 0 aliphatic heterocycles. The molecule has 0 bridgehead atoms. The van der Waals surface area contributed by atoms with Crippen LogP contribution in [0.1, 0.15) is 5.56 Å². The molecule has 4 nitrogen and oxygen atoms in total. The lowest BCUT2D eigenvalue weighted by atomic mass is 10.2. The summed E-state index contributed by atoms with van der Waals surface area (Å²) in [5.74, 6) is -3.96. The van der Waals surface area contributed by atoms with Gasteiger partial charge >= 0.3 is 6.18 Å². The van der Waals surface area contributed by atoms with Gasteiger partial charge in [0.2, 0.25) is 0 Å². The van der Waals surface area contributed by atoms with Crippen LogP contribution in [0, 0.1) is 11.6 Å². The third-order valence-electron chi connectivity index (χ3n) is 2.74. The van der Waals surface area contributed by atoms with Crippen LogP contribution in [-0.2, 0) is 16.2 Å². The second-order valence-corrected chi connectivity index (χ2v) is 6.01. The molecule has 0 radical (unpaired) electrons. The monoisotopic (exact) mass is 353 g/mol. The Morgan fingerprint density at radius 3 is 2.04 bits per heavy atom. The van der Waals surface area contributed by atoms with Gasteiger partial charge in [0.05, 0.1) is 11.3 Å². The number of hydrogen-bond donors (Lipinski definition) is 2. The Balaban J connectivity index is 2.41. The topological polar surface area (TPSA) is 66.4 Å². The standard InChI is InChI=1S/C13H8F5NO3S/c14-9-2-1-3-10(15)12(9)23(21,22)19-7-4-5-8(11(20)6-7)13(16,17)18/h1-6,19-20H. The number of aromatic hydroxyl groups is 1. The Kier molecular flexibility index (Phi) is 4.20. The van der Waals surface area contributed by atoms with Crippen LogP contribution in [0.4, 0.5) is 27.6 Å². The number of hydrogen-bond acceptors (Lipinski definition) is 3. The SMILES string of the molecule is O=S(=O)(Nc1ccc(C(F)(F)F)c(O)c1)c1c(F)cccc1F. The van der Waals surface area contributed by atoms with E-state index in [0.29, 0.717) is 30.3 Å². The molecule has 0 heterocycles. The fourth-order valence-corrected chi connectivity index (χ4v) is 2.97. The molecule has 0 unspecified atom stereocenters. The number of halogens is 5. The summed E-state index contributed by atoms with van der Waals surface area (Å²) in [4.78, 5) is -1.28. The van der Waals surface area contributed by atoms with E-state index in [4.69, 9.17) is 0 Å². The molecule has 0 atom stereocenters. The predicted octanol–water partition coefficient (Wildman–Crippen LogP) is 3.49. The van der Waals surface area contributed by atoms with Gasteiger partial charge in [-0.15, -0.1) is 0 Å². The lowest BCUT2D eigenvalue weighted by molar-refractivity contribution is -0.138. The van der Waals surface area contributed by atoms with Crippen LogP contribution in [0.5, 0.6) is 5.75 Å². The van der Waals surface area contributed by atoms with Gasteiger partial charge in [-0.05, 0) is 24.3 Å². The molecule has 0 fully saturated rings. The molecule has 0 saturated carbocycles. The van der Waals surface area contributed by atoms with Crippen molar-refractivity contribution in [1.82, 2.24) is 0 Å². The lowest BCUT2D eigenvalue weighted by Gasteiger charge is -2.12. The zero-order chi connectivity index (χ0) is 17.4. The van der Waals surface area contributed by atoms with Crippen LogP contribution in [0.15, 0.2) is 41.3 Å². The number of benzene rings is 2. The maximum absolute atomic E-state index is 13.5. The van der Waals surface area contributed by atoms with Crippen LogP contribution < -0.4 is 4.72 Å². The van der Waals surface area contributed by atoms with Gasteiger partial charge in [-0.25, -0.2) is 17.2 Å². The molecule has 0 spiro atoms. The predicted molar refractivity (Wildman–Crippen MR) is 70.3 cm³/mol. The molecular weight excluding hydrogens is 345 g/mol. The molecule has 0 aromatic heterocycles. The Hall–Kier alpha value is -2.36. The van der Waals surface area contributed by atoms with E-state index in [1.54, 1.807) is 4.72 Å². The first-order valence-corrected chi connectivity index (χ1v) is 7.38. The van der Waals surface area contributed by atoms with Crippen molar-refractivity contribution in [1.29, 1.82) is 0 Å². The normalized spacial score (nSPS) is 12.2. The summed E-state index contributed by atoms with van der Waals surface area (Å²) < 4.78 is 90.0. The fraction of sp³-hybridized carbons (Fsp3) is 0.0769. The maximum atomic E-state index is 13.5. The van der Waals surface area contributed by atoms with E-state index in [1.807, 2.05) is 0 Å². The van der Waals surface area contributed by atoms with Gasteiger partial charge in [-0.1, -0.05) is 6.07 Å². The second-order valence-electron chi connectivity index (χ2n) is 4.39. The lowest BCUT2D eigenvalue weighted by Crippen LogP contribution is -2.16. The van der Waals surface area contributed by atoms with E-state index in [0.717, 1.165) is 6.07 Å². The Morgan fingerprint density at radius 1 is 1.00 bits per heavy atom. The molecule has 2 rings (SSSR count). The van der Waals surface area contributed by atoms with E-state index >= 15 is 0 Å². The highest BCUT2D eigenvalue weighted by atomic mass is 32.2. The van der Waals surface area contributed by atoms with Crippen molar-refractivity contribution in [2.45, 2.75) is 11.1 Å². The summed E-state index contributed by atoms with van der Waals surface area (Å²) in [6, 6.07) is 4.00. The molecule has 23 heavy (non-hydrogen) atoms. The van der Waals surface area contributed by atoms with E-state index < -0.39 is 49.7 Å². The quantitative estimate of drug-likeness (QED) is 0.830. The van der Waals surface area contributed by atoms with Crippen molar-refractivity contribution in [2.24, 2.45) is 0 Å². The van der Waals surface area contributed by atoms with Crippen LogP contribution >= 0.6 is 0 Å². The highest BCUT2D eigenvalue weighted by molar-refractivity contribution is 7.92. The van der Waals surface area contributed by atoms with Gasteiger partial charge in [-0.2, -0.15) is 13.2 Å². The number of anilines is 1. The summed E-state index contributed by atoms with van der Waals surface area (Å²) >= 11 is 0. The molecule has 124 valence electrons. The van der Waals surface area contributed by atoms with Crippen molar-refractivity contribution in [3.05, 3.63) is 53.6 Å². The fourth-order valence-electron chi connectivity index (χ4n) is 1.78. The summed E-state index contributed by atoms with van der Waals surface area (Å²) in [6.45, 7) is 0. The molecule has 0 saturated heterocycles. The average Bonchev–Trinajstić information content (AvgIpc) is 2.35. The number of phenolic OH excluding ortho intramolecular Hbond substituents is 1. The number of nitrogens with one attached hydrogen (secondary N) is 1. The van der Waals surface area contributed by atoms with Crippen molar-refractivity contribution in [3.8, 4) is 5.75 Å². The van der Waals surface area contributed by atoms with Gasteiger partial charge in [0, 0.05) is 6.07 Å². The van der Waals surface area contributed by atoms with Crippen LogP contribution in [0.25, 0.3) is 0 Å². The van der Waals surface area contributed by atoms with E-state index in [2.05, 4.69) is 0 Å². The van der Waals surface area contributed by atoms with Gasteiger partial charge < -0.3 is 5.11 Å². The Morgan fingerprint density at radius 2 is 1.57 bits per heavy atom. The molecule has 2 aromatic carbocycles. The van der Waals surface area contributed by atoms with Gasteiger partial charge in [-0.3, -0.25) is 4.72 Å². The van der Waals surface area contributed by atoms with E-state index in [1.165, 1.54) is 0 Å². The number of alkyl halides is 3. The van der Waals surface area contributed by atoms with Crippen molar-refractivity contribution >= 4 is 15.7 Å². The van der Waals surface area contributed by atoms with Gasteiger partial charge in [0.15, 0.2) is 4.90 Å². The summed E-state index contributed by atoms with van der Waals surface area (Å²) in [7, 11) is -4.73. The molecular formula is C13H8F5NO3S. The Labute approximate surface area is 127 Å². The summed E-state index contributed by atoms with van der Waals surface area (Å²) in [5, 5.41) is 9.30. The van der Waals surface area contributed by atoms with Crippen molar-refractivity contribution in [2.75, 3.05) is 4.72 Å². The van der Waals surface area contributed by atoms with Crippen LogP contribution in [0.2, 0.25) is 0 Å². The molecule has 10 heteroatoms. The molecule has 0 aliphatic rings. The summed E-state index contributed by atoms with van der Waals surface area (Å²) in [5.41, 5.74) is -1.87. The van der Waals surface area contributed by atoms with Crippen molar-refractivity contribution < 1.29 is 35.5 Å². The van der Waals surface area contributed by atoms with Crippen molar-refractivity contribution in [3.63, 3.8) is 0 Å². The van der Waals surface area contributed by atoms with Crippen LogP contribution in [0.3, 0.4) is 0 Å². The smallest absolute Gasteiger partial charge is 0.419 e. The van der Waals surface area contributed by atoms with Crippen LogP contribution in [-0.4, -0.2) is 13.5 Å². The van der Waals surface area contributed by atoms with E-state index in [9.17, 15) is 35.5 Å². The first-order chi connectivity index (χ1) is 10.5. The minimum absolute atomic E-state index is 0.435. The zero-order valence-corrected chi connectivity index (χ0v) is 11.8. The number of rotatable bonds is 3. The minimum atomic E-state index is -4.83. The first kappa shape index (κ1) is 17.0. The highest BCUT2D eigenvalue weighted by Gasteiger charge is 2.34. The molecule has 0 amide bonds. The molecule has 2 N–H and O–H groups in total. The van der Waals surface area contributed by atoms with Gasteiger partial charge in [0.1, 0.15) is 17.4 Å². The largest absolute Gasteiger partial charge is 0.507 e. The third-order valence-corrected chi connectivity index (χ3v) is 4.17. The number of sulfonamides is 1. The second kappa shape index (κ2) is 5.69. The van der Waals surface area contributed by atoms with E-state index in [-0.39, 0.29) is 0 Å². The minimum Gasteiger partial charge on any atom is -0.507 e. The first-order valence-electron chi connectivity index (χ1n) is 5.89. The molecule has 2 aromatic rings. The zero-order valence-electron chi connectivity index (χ0n) is 11.0. The third kappa shape index (κ3) is 3.52. The van der Waals surface area contributed by atoms with Gasteiger partial charge in [0.25, 0.3) is 10.0 Å². The number of phenols is 1. The average molecular weight is 353 g/mol. The molecule has 0 aliphatic carbocycles. The highest BCUT2D eigenvalue weighted by Crippen LogP contribution is 2.37. The maximum Gasteiger partial charge on any atom is 0.419 e.